The summed E-state index contributed by atoms with van der Waals surface area (Å²) in [6, 6.07) is 15.2. The number of aryl methyl sites for hydroxylation is 1. The maximum Gasteiger partial charge on any atom is 0.243 e. The summed E-state index contributed by atoms with van der Waals surface area (Å²) in [7, 11) is -1.62. The number of aromatic nitrogens is 4. The molecular formula is C23H23BrN4O2S. The van der Waals surface area contributed by atoms with E-state index < -0.39 is 10.0 Å². The van der Waals surface area contributed by atoms with Crippen LogP contribution in [-0.4, -0.2) is 27.2 Å². The van der Waals surface area contributed by atoms with Gasteiger partial charge in [0.15, 0.2) is 0 Å². The van der Waals surface area contributed by atoms with E-state index >= 15 is 0 Å². The van der Waals surface area contributed by atoms with Crippen LogP contribution in [0.1, 0.15) is 36.7 Å². The molecule has 2 aromatic heterocycles. The highest BCUT2D eigenvalue weighted by molar-refractivity contribution is 9.10. The van der Waals surface area contributed by atoms with E-state index in [2.05, 4.69) is 39.1 Å². The highest BCUT2D eigenvalue weighted by Crippen LogP contribution is 2.52. The van der Waals surface area contributed by atoms with Crippen molar-refractivity contribution in [3.05, 3.63) is 82.5 Å². The lowest BCUT2D eigenvalue weighted by Gasteiger charge is -2.46. The molecule has 160 valence electrons. The first-order valence-electron chi connectivity index (χ1n) is 10.2. The van der Waals surface area contributed by atoms with Gasteiger partial charge in [-0.15, -0.1) is 10.2 Å². The third-order valence-electron chi connectivity index (χ3n) is 6.30. The molecule has 31 heavy (non-hydrogen) atoms. The molecule has 0 aliphatic heterocycles. The van der Waals surface area contributed by atoms with E-state index in [4.69, 9.17) is 0 Å². The number of nitrogens with zero attached hydrogens (tertiary/aromatic N) is 4. The molecule has 0 atom stereocenters. The predicted octanol–water partition coefficient (Wildman–Crippen LogP) is 4.63. The van der Waals surface area contributed by atoms with E-state index in [9.17, 15) is 8.42 Å². The fourth-order valence-electron chi connectivity index (χ4n) is 4.94. The summed E-state index contributed by atoms with van der Waals surface area (Å²) in [5, 5.41) is 9.39. The molecule has 1 aliphatic carbocycles. The predicted molar refractivity (Wildman–Crippen MR) is 124 cm³/mol. The summed E-state index contributed by atoms with van der Waals surface area (Å²) in [6.45, 7) is 2.23. The topological polar surface area (TPSA) is 69.8 Å². The second kappa shape index (κ2) is 7.31. The molecule has 0 N–H and O–H groups in total. The molecular weight excluding hydrogens is 476 g/mol. The summed E-state index contributed by atoms with van der Waals surface area (Å²) >= 11 is 3.69. The lowest BCUT2D eigenvalue weighted by Crippen LogP contribution is -2.43. The average Bonchev–Trinajstić information content (AvgIpc) is 3.33. The molecule has 1 saturated carbocycles. The Morgan fingerprint density at radius 2 is 1.90 bits per heavy atom. The highest BCUT2D eigenvalue weighted by Gasteiger charge is 2.48. The minimum absolute atomic E-state index is 0.0507. The van der Waals surface area contributed by atoms with E-state index in [-0.39, 0.29) is 11.2 Å². The zero-order valence-corrected chi connectivity index (χ0v) is 19.8. The van der Waals surface area contributed by atoms with Crippen molar-refractivity contribution in [3.8, 4) is 0 Å². The van der Waals surface area contributed by atoms with Gasteiger partial charge in [-0.05, 0) is 48.1 Å². The van der Waals surface area contributed by atoms with Crippen LogP contribution in [0.25, 0.3) is 10.9 Å². The quantitative estimate of drug-likeness (QED) is 0.402. The molecule has 2 aromatic carbocycles. The van der Waals surface area contributed by atoms with Crippen molar-refractivity contribution in [2.24, 2.45) is 13.0 Å². The van der Waals surface area contributed by atoms with Gasteiger partial charge in [-0.2, -0.15) is 0 Å². The average molecular weight is 499 g/mol. The van der Waals surface area contributed by atoms with Crippen LogP contribution in [0, 0.1) is 5.92 Å². The van der Waals surface area contributed by atoms with Crippen molar-refractivity contribution in [1.82, 2.24) is 18.7 Å². The molecule has 6 nitrogen and oxygen atoms in total. The van der Waals surface area contributed by atoms with E-state index in [1.54, 1.807) is 12.5 Å². The van der Waals surface area contributed by atoms with Crippen molar-refractivity contribution in [2.75, 3.05) is 0 Å². The van der Waals surface area contributed by atoms with Crippen molar-refractivity contribution >= 4 is 36.9 Å². The Labute approximate surface area is 190 Å². The largest absolute Gasteiger partial charge is 0.320 e. The van der Waals surface area contributed by atoms with Crippen molar-refractivity contribution in [1.29, 1.82) is 0 Å². The van der Waals surface area contributed by atoms with Crippen molar-refractivity contribution in [3.63, 3.8) is 0 Å². The van der Waals surface area contributed by atoms with Crippen LogP contribution < -0.4 is 0 Å². The summed E-state index contributed by atoms with van der Waals surface area (Å²) in [6.07, 6.45) is 5.28. The van der Waals surface area contributed by atoms with Gasteiger partial charge < -0.3 is 4.57 Å². The molecule has 5 rings (SSSR count). The monoisotopic (exact) mass is 498 g/mol. The SMILES string of the molecule is CC1CC(c2cc(Br)c3ccn(S(=O)(=O)Cc4ccccc4)c3c2)(c2nncn2C)C1. The van der Waals surface area contributed by atoms with E-state index in [0.717, 1.165) is 39.7 Å². The number of halogens is 1. The van der Waals surface area contributed by atoms with Crippen molar-refractivity contribution < 1.29 is 8.42 Å². The molecule has 2 heterocycles. The summed E-state index contributed by atoms with van der Waals surface area (Å²) in [4.78, 5) is 0. The standard InChI is InChI=1S/C23H23BrN4O2S/c1-16-12-23(13-16,22-26-25-15-27(22)2)18-10-20(24)19-8-9-28(21(19)11-18)31(29,30)14-17-6-4-3-5-7-17/h3-11,15-16H,12-14H2,1-2H3. The van der Waals surface area contributed by atoms with E-state index in [0.29, 0.717) is 11.4 Å². The first-order chi connectivity index (χ1) is 14.8. The lowest BCUT2D eigenvalue weighted by molar-refractivity contribution is 0.185. The van der Waals surface area contributed by atoms with Gasteiger partial charge in [0.2, 0.25) is 10.0 Å². The normalized spacial score (nSPS) is 21.3. The fourth-order valence-corrected chi connectivity index (χ4v) is 6.97. The van der Waals surface area contributed by atoms with Gasteiger partial charge >= 0.3 is 0 Å². The molecule has 8 heteroatoms. The second-order valence-electron chi connectivity index (χ2n) is 8.61. The Bertz CT molecular complexity index is 1370. The van der Waals surface area contributed by atoms with Gasteiger partial charge in [-0.25, -0.2) is 12.4 Å². The fraction of sp³-hybridized carbons (Fsp3) is 0.304. The van der Waals surface area contributed by atoms with Crippen LogP contribution in [-0.2, 0) is 28.2 Å². The Hall–Kier alpha value is -2.45. The molecule has 0 unspecified atom stereocenters. The first-order valence-corrected chi connectivity index (χ1v) is 12.6. The van der Waals surface area contributed by atoms with Crippen LogP contribution in [0.5, 0.6) is 0 Å². The van der Waals surface area contributed by atoms with Crippen molar-refractivity contribution in [2.45, 2.75) is 30.9 Å². The molecule has 0 amide bonds. The number of rotatable bonds is 5. The van der Waals surface area contributed by atoms with Gasteiger partial charge in [0.1, 0.15) is 12.2 Å². The molecule has 0 spiro atoms. The third-order valence-corrected chi connectivity index (χ3v) is 8.57. The van der Waals surface area contributed by atoms with E-state index in [1.807, 2.05) is 54.1 Å². The minimum atomic E-state index is -3.57. The minimum Gasteiger partial charge on any atom is -0.320 e. The van der Waals surface area contributed by atoms with Gasteiger partial charge in [0.05, 0.1) is 16.7 Å². The zero-order chi connectivity index (χ0) is 21.8. The zero-order valence-electron chi connectivity index (χ0n) is 17.4. The summed E-state index contributed by atoms with van der Waals surface area (Å²) < 4.78 is 30.8. The number of benzene rings is 2. The summed E-state index contributed by atoms with van der Waals surface area (Å²) in [5.74, 6) is 1.44. The number of hydrogen-bond donors (Lipinski definition) is 0. The Morgan fingerprint density at radius 3 is 2.55 bits per heavy atom. The number of hydrogen-bond acceptors (Lipinski definition) is 4. The van der Waals surface area contributed by atoms with Crippen LogP contribution >= 0.6 is 15.9 Å². The lowest BCUT2D eigenvalue weighted by atomic mass is 9.58. The van der Waals surface area contributed by atoms with Crippen LogP contribution in [0.15, 0.2) is 65.5 Å². The Morgan fingerprint density at radius 1 is 1.16 bits per heavy atom. The first kappa shape index (κ1) is 20.5. The smallest absolute Gasteiger partial charge is 0.243 e. The Balaban J connectivity index is 1.65. The van der Waals surface area contributed by atoms with Gasteiger partial charge in [0.25, 0.3) is 0 Å². The maximum absolute atomic E-state index is 13.3. The Kier molecular flexibility index (Phi) is 4.82. The van der Waals surface area contributed by atoms with Crippen LogP contribution in [0.3, 0.4) is 0 Å². The number of fused-ring (bicyclic) bond motifs is 1. The molecule has 0 radical (unpaired) electrons. The molecule has 0 bridgehead atoms. The van der Waals surface area contributed by atoms with Crippen LogP contribution in [0.4, 0.5) is 0 Å². The summed E-state index contributed by atoms with van der Waals surface area (Å²) in [5.41, 5.74) is 2.25. The molecule has 1 fully saturated rings. The van der Waals surface area contributed by atoms with Gasteiger partial charge in [0, 0.05) is 23.1 Å². The highest BCUT2D eigenvalue weighted by atomic mass is 79.9. The molecule has 1 aliphatic rings. The second-order valence-corrected chi connectivity index (χ2v) is 11.3. The molecule has 4 aromatic rings. The third kappa shape index (κ3) is 3.32. The maximum atomic E-state index is 13.3. The van der Waals surface area contributed by atoms with Gasteiger partial charge in [-0.3, -0.25) is 0 Å². The van der Waals surface area contributed by atoms with E-state index in [1.165, 1.54) is 3.97 Å². The molecule has 0 saturated heterocycles. The van der Waals surface area contributed by atoms with Gasteiger partial charge in [-0.1, -0.05) is 53.2 Å². The van der Waals surface area contributed by atoms with Crippen LogP contribution in [0.2, 0.25) is 0 Å².